The van der Waals surface area contributed by atoms with Gasteiger partial charge in [0.05, 0.1) is 16.9 Å². The molecule has 1 aromatic carbocycles. The molecule has 104 valence electrons. The van der Waals surface area contributed by atoms with E-state index in [1.807, 2.05) is 31.2 Å². The van der Waals surface area contributed by atoms with Crippen molar-refractivity contribution in [1.29, 1.82) is 0 Å². The molecule has 0 N–H and O–H groups in total. The molecule has 0 atom stereocenters. The average Bonchev–Trinajstić information content (AvgIpc) is 3.34. The van der Waals surface area contributed by atoms with Gasteiger partial charge < -0.3 is 0 Å². The number of hydrogen-bond donors (Lipinski definition) is 0. The molecular formula is C17H14ClN3. The van der Waals surface area contributed by atoms with E-state index in [9.17, 15) is 0 Å². The fourth-order valence-corrected chi connectivity index (χ4v) is 2.65. The van der Waals surface area contributed by atoms with Crippen LogP contribution in [0.4, 0.5) is 0 Å². The predicted molar refractivity (Wildman–Crippen MR) is 84.5 cm³/mol. The van der Waals surface area contributed by atoms with Gasteiger partial charge in [-0.2, -0.15) is 0 Å². The zero-order valence-corrected chi connectivity index (χ0v) is 12.4. The van der Waals surface area contributed by atoms with Gasteiger partial charge >= 0.3 is 0 Å². The molecule has 1 aliphatic rings. The summed E-state index contributed by atoms with van der Waals surface area (Å²) in [4.78, 5) is 13.8. The van der Waals surface area contributed by atoms with Crippen LogP contribution < -0.4 is 0 Å². The SMILES string of the molecule is Cc1c(Cl)nc(C2CC2)nc1-c1ccc2ccccc2n1. The van der Waals surface area contributed by atoms with Crippen molar-refractivity contribution in [3.8, 4) is 11.4 Å². The maximum atomic E-state index is 6.28. The van der Waals surface area contributed by atoms with Gasteiger partial charge in [0.2, 0.25) is 0 Å². The summed E-state index contributed by atoms with van der Waals surface area (Å²) in [7, 11) is 0. The maximum Gasteiger partial charge on any atom is 0.136 e. The van der Waals surface area contributed by atoms with Gasteiger partial charge in [-0.15, -0.1) is 0 Å². The fraction of sp³-hybridized carbons (Fsp3) is 0.235. The van der Waals surface area contributed by atoms with Crippen LogP contribution in [0.25, 0.3) is 22.3 Å². The molecule has 0 spiro atoms. The van der Waals surface area contributed by atoms with Crippen molar-refractivity contribution in [3.05, 3.63) is 52.9 Å². The third-order valence-corrected chi connectivity index (χ3v) is 4.26. The number of benzene rings is 1. The third kappa shape index (κ3) is 2.28. The summed E-state index contributed by atoms with van der Waals surface area (Å²) < 4.78 is 0. The standard InChI is InChI=1S/C17H14ClN3/c1-10-15(20-17(12-6-7-12)21-16(10)18)14-9-8-11-4-2-3-5-13(11)19-14/h2-5,8-9,12H,6-7H2,1H3. The van der Waals surface area contributed by atoms with Crippen molar-refractivity contribution in [1.82, 2.24) is 15.0 Å². The number of fused-ring (bicyclic) bond motifs is 1. The minimum absolute atomic E-state index is 0.474. The number of hydrogen-bond acceptors (Lipinski definition) is 3. The number of para-hydroxylation sites is 1. The van der Waals surface area contributed by atoms with Crippen LogP contribution in [0.1, 0.15) is 30.1 Å². The monoisotopic (exact) mass is 295 g/mol. The lowest BCUT2D eigenvalue weighted by atomic mass is 10.1. The molecule has 1 fully saturated rings. The molecule has 0 saturated heterocycles. The number of rotatable bonds is 2. The lowest BCUT2D eigenvalue weighted by molar-refractivity contribution is 0.920. The Morgan fingerprint density at radius 1 is 1.00 bits per heavy atom. The number of pyridine rings is 1. The Morgan fingerprint density at radius 3 is 2.62 bits per heavy atom. The van der Waals surface area contributed by atoms with Gasteiger partial charge in [-0.1, -0.05) is 35.9 Å². The van der Waals surface area contributed by atoms with Gasteiger partial charge in [0.15, 0.2) is 0 Å². The molecule has 0 bridgehead atoms. The average molecular weight is 296 g/mol. The molecule has 2 heterocycles. The van der Waals surface area contributed by atoms with Crippen molar-refractivity contribution in [3.63, 3.8) is 0 Å². The first kappa shape index (κ1) is 12.7. The Hall–Kier alpha value is -2.00. The van der Waals surface area contributed by atoms with Gasteiger partial charge in [0, 0.05) is 16.9 Å². The molecule has 1 saturated carbocycles. The lowest BCUT2D eigenvalue weighted by Crippen LogP contribution is -2.00. The zero-order chi connectivity index (χ0) is 14.4. The smallest absolute Gasteiger partial charge is 0.136 e. The first-order valence-electron chi connectivity index (χ1n) is 7.12. The minimum atomic E-state index is 0.474. The van der Waals surface area contributed by atoms with E-state index in [4.69, 9.17) is 21.6 Å². The fourth-order valence-electron chi connectivity index (χ4n) is 2.48. The summed E-state index contributed by atoms with van der Waals surface area (Å²) >= 11 is 6.28. The first-order chi connectivity index (χ1) is 10.2. The van der Waals surface area contributed by atoms with Crippen LogP contribution >= 0.6 is 11.6 Å². The Bertz CT molecular complexity index is 841. The molecule has 0 amide bonds. The highest BCUT2D eigenvalue weighted by Gasteiger charge is 2.28. The molecule has 1 aliphatic carbocycles. The van der Waals surface area contributed by atoms with E-state index in [1.165, 1.54) is 0 Å². The van der Waals surface area contributed by atoms with E-state index >= 15 is 0 Å². The number of aromatic nitrogens is 3. The van der Waals surface area contributed by atoms with E-state index in [2.05, 4.69) is 17.1 Å². The Kier molecular flexibility index (Phi) is 2.89. The highest BCUT2D eigenvalue weighted by atomic mass is 35.5. The van der Waals surface area contributed by atoms with E-state index in [0.29, 0.717) is 11.1 Å². The van der Waals surface area contributed by atoms with Crippen LogP contribution in [0.3, 0.4) is 0 Å². The summed E-state index contributed by atoms with van der Waals surface area (Å²) in [5.41, 5.74) is 3.57. The molecule has 4 rings (SSSR count). The lowest BCUT2D eigenvalue weighted by Gasteiger charge is -2.09. The maximum absolute atomic E-state index is 6.28. The molecule has 3 nitrogen and oxygen atoms in total. The predicted octanol–water partition coefficient (Wildman–Crippen LogP) is 4.53. The van der Waals surface area contributed by atoms with Gasteiger partial charge in [0.1, 0.15) is 11.0 Å². The first-order valence-corrected chi connectivity index (χ1v) is 7.50. The Morgan fingerprint density at radius 2 is 1.81 bits per heavy atom. The van der Waals surface area contributed by atoms with E-state index < -0.39 is 0 Å². The Balaban J connectivity index is 1.90. The number of halogens is 1. The zero-order valence-electron chi connectivity index (χ0n) is 11.7. The summed E-state index contributed by atoms with van der Waals surface area (Å²) in [5.74, 6) is 1.33. The highest BCUT2D eigenvalue weighted by molar-refractivity contribution is 6.30. The molecule has 0 unspecified atom stereocenters. The third-order valence-electron chi connectivity index (χ3n) is 3.89. The van der Waals surface area contributed by atoms with E-state index in [1.54, 1.807) is 0 Å². The normalized spacial score (nSPS) is 14.6. The quantitative estimate of drug-likeness (QED) is 0.652. The van der Waals surface area contributed by atoms with Gasteiger partial charge in [0.25, 0.3) is 0 Å². The van der Waals surface area contributed by atoms with Gasteiger partial charge in [-0.05, 0) is 31.9 Å². The highest BCUT2D eigenvalue weighted by Crippen LogP contribution is 2.39. The van der Waals surface area contributed by atoms with Gasteiger partial charge in [-0.25, -0.2) is 15.0 Å². The summed E-state index contributed by atoms with van der Waals surface area (Å²) in [6.45, 7) is 1.95. The minimum Gasteiger partial charge on any atom is -0.246 e. The molecule has 21 heavy (non-hydrogen) atoms. The largest absolute Gasteiger partial charge is 0.246 e. The van der Waals surface area contributed by atoms with Gasteiger partial charge in [-0.3, -0.25) is 0 Å². The van der Waals surface area contributed by atoms with Crippen LogP contribution in [0.2, 0.25) is 5.15 Å². The van der Waals surface area contributed by atoms with Crippen LogP contribution in [0.5, 0.6) is 0 Å². The second-order valence-corrected chi connectivity index (χ2v) is 5.87. The summed E-state index contributed by atoms with van der Waals surface area (Å²) in [6.07, 6.45) is 2.31. The van der Waals surface area contributed by atoms with E-state index in [0.717, 1.165) is 46.5 Å². The van der Waals surface area contributed by atoms with Crippen molar-refractivity contribution < 1.29 is 0 Å². The molecule has 4 heteroatoms. The topological polar surface area (TPSA) is 38.7 Å². The summed E-state index contributed by atoms with van der Waals surface area (Å²) in [6, 6.07) is 12.2. The second kappa shape index (κ2) is 4.78. The van der Waals surface area contributed by atoms with Crippen LogP contribution in [-0.2, 0) is 0 Å². The molecule has 0 radical (unpaired) electrons. The Labute approximate surface area is 128 Å². The van der Waals surface area contributed by atoms with Crippen molar-refractivity contribution in [2.24, 2.45) is 0 Å². The summed E-state index contributed by atoms with van der Waals surface area (Å²) in [5, 5.41) is 1.67. The number of nitrogens with zero attached hydrogens (tertiary/aromatic N) is 3. The second-order valence-electron chi connectivity index (χ2n) is 5.51. The van der Waals surface area contributed by atoms with Crippen molar-refractivity contribution in [2.45, 2.75) is 25.7 Å². The molecule has 2 aromatic heterocycles. The molecule has 0 aliphatic heterocycles. The van der Waals surface area contributed by atoms with Crippen molar-refractivity contribution in [2.75, 3.05) is 0 Å². The van der Waals surface area contributed by atoms with Crippen molar-refractivity contribution >= 4 is 22.5 Å². The van der Waals surface area contributed by atoms with E-state index in [-0.39, 0.29) is 0 Å². The van der Waals surface area contributed by atoms with Crippen LogP contribution in [0.15, 0.2) is 36.4 Å². The van der Waals surface area contributed by atoms with Crippen LogP contribution in [0, 0.1) is 6.92 Å². The van der Waals surface area contributed by atoms with Crippen LogP contribution in [-0.4, -0.2) is 15.0 Å². The molecular weight excluding hydrogens is 282 g/mol. The molecule has 3 aromatic rings.